The lowest BCUT2D eigenvalue weighted by Gasteiger charge is -2.51. The second kappa shape index (κ2) is 7.49. The maximum Gasteiger partial charge on any atom is 0.335 e. The lowest BCUT2D eigenvalue weighted by molar-refractivity contribution is -0.0222. The van der Waals surface area contributed by atoms with E-state index in [4.69, 9.17) is 17.7 Å². The first-order valence-electron chi connectivity index (χ1n) is 9.70. The van der Waals surface area contributed by atoms with E-state index in [1.165, 1.54) is 0 Å². The van der Waals surface area contributed by atoms with Crippen LogP contribution in [0.4, 0.5) is 0 Å². The van der Waals surface area contributed by atoms with Crippen molar-refractivity contribution in [3.63, 3.8) is 0 Å². The van der Waals surface area contributed by atoms with Gasteiger partial charge in [0, 0.05) is 5.92 Å². The van der Waals surface area contributed by atoms with Crippen molar-refractivity contribution in [1.29, 1.82) is 0 Å². The lowest BCUT2D eigenvalue weighted by Crippen LogP contribution is -2.65. The zero-order chi connectivity index (χ0) is 18.3. The van der Waals surface area contributed by atoms with Gasteiger partial charge < -0.3 is 17.7 Å². The number of hydrogen-bond acceptors (Lipinski definition) is 4. The summed E-state index contributed by atoms with van der Waals surface area (Å²) < 4.78 is 26.8. The van der Waals surface area contributed by atoms with Gasteiger partial charge >= 0.3 is 17.1 Å². The van der Waals surface area contributed by atoms with E-state index >= 15 is 0 Å². The van der Waals surface area contributed by atoms with Crippen molar-refractivity contribution in [2.45, 2.75) is 96.7 Å². The third kappa shape index (κ3) is 3.42. The van der Waals surface area contributed by atoms with Crippen LogP contribution in [-0.4, -0.2) is 42.5 Å². The van der Waals surface area contributed by atoms with E-state index in [0.717, 1.165) is 6.61 Å². The van der Waals surface area contributed by atoms with Crippen molar-refractivity contribution in [3.8, 4) is 0 Å². The Morgan fingerprint density at radius 1 is 0.750 bits per heavy atom. The van der Waals surface area contributed by atoms with Crippen LogP contribution in [-0.2, 0) is 17.7 Å². The molecule has 2 saturated heterocycles. The topological polar surface area (TPSA) is 36.9 Å². The molecule has 0 spiro atoms. The van der Waals surface area contributed by atoms with Gasteiger partial charge in [0.1, 0.15) is 6.10 Å². The summed E-state index contributed by atoms with van der Waals surface area (Å²) in [5.74, 6) is 0.402. The molecule has 6 heteroatoms. The largest absolute Gasteiger partial charge is 0.414 e. The minimum Gasteiger partial charge on any atom is -0.414 e. The summed E-state index contributed by atoms with van der Waals surface area (Å²) in [6.45, 7) is 21.7. The summed E-state index contributed by atoms with van der Waals surface area (Å²) in [4.78, 5) is 0. The molecule has 0 bridgehead atoms. The molecular weight excluding hydrogens is 336 g/mol. The van der Waals surface area contributed by atoms with E-state index in [9.17, 15) is 0 Å². The van der Waals surface area contributed by atoms with Crippen molar-refractivity contribution < 1.29 is 17.7 Å². The molecule has 142 valence electrons. The molecule has 0 radical (unpaired) electrons. The second-order valence-corrected chi connectivity index (χ2v) is 17.8. The van der Waals surface area contributed by atoms with Gasteiger partial charge in [0.2, 0.25) is 0 Å². The van der Waals surface area contributed by atoms with Crippen LogP contribution in [0.3, 0.4) is 0 Å². The third-order valence-corrected chi connectivity index (χ3v) is 16.1. The minimum atomic E-state index is -2.45. The minimum absolute atomic E-state index is 0.0534. The fourth-order valence-electron chi connectivity index (χ4n) is 4.30. The van der Waals surface area contributed by atoms with E-state index in [2.05, 4.69) is 62.3 Å². The van der Waals surface area contributed by atoms with Crippen LogP contribution in [0, 0.1) is 5.92 Å². The van der Waals surface area contributed by atoms with Gasteiger partial charge in [-0.2, -0.15) is 0 Å². The fourth-order valence-corrected chi connectivity index (χ4v) is 15.6. The lowest BCUT2D eigenvalue weighted by atomic mass is 10.1. The van der Waals surface area contributed by atoms with Gasteiger partial charge in [-0.3, -0.25) is 0 Å². The number of ether oxygens (including phenoxy) is 1. The third-order valence-electron chi connectivity index (χ3n) is 5.83. The summed E-state index contributed by atoms with van der Waals surface area (Å²) >= 11 is 0. The average Bonchev–Trinajstić information content (AvgIpc) is 2.77. The van der Waals surface area contributed by atoms with Gasteiger partial charge in [0.05, 0.1) is 19.3 Å². The van der Waals surface area contributed by atoms with Gasteiger partial charge in [0.25, 0.3) is 0 Å². The quantitative estimate of drug-likeness (QED) is 0.650. The molecule has 24 heavy (non-hydrogen) atoms. The highest BCUT2D eigenvalue weighted by Crippen LogP contribution is 2.47. The summed E-state index contributed by atoms with van der Waals surface area (Å²) in [6.07, 6.45) is 0.158. The van der Waals surface area contributed by atoms with Crippen molar-refractivity contribution in [2.24, 2.45) is 5.92 Å². The van der Waals surface area contributed by atoms with Crippen LogP contribution in [0.15, 0.2) is 0 Å². The van der Waals surface area contributed by atoms with Gasteiger partial charge in [0.15, 0.2) is 0 Å². The molecule has 2 rings (SSSR count). The van der Waals surface area contributed by atoms with Crippen molar-refractivity contribution in [1.82, 2.24) is 0 Å². The number of fused-ring (bicyclic) bond motifs is 1. The fraction of sp³-hybridized carbons (Fsp3) is 1.00. The second-order valence-electron chi connectivity index (χ2n) is 8.91. The molecule has 1 unspecified atom stereocenters. The number of hydrogen-bond donors (Lipinski definition) is 0. The van der Waals surface area contributed by atoms with Crippen molar-refractivity contribution >= 4 is 17.1 Å². The summed E-state index contributed by atoms with van der Waals surface area (Å²) in [5, 5.41) is 0. The van der Waals surface area contributed by atoms with Gasteiger partial charge in [-0.15, -0.1) is 0 Å². The van der Waals surface area contributed by atoms with Gasteiger partial charge in [-0.1, -0.05) is 62.3 Å². The van der Waals surface area contributed by atoms with E-state index in [-0.39, 0.29) is 12.2 Å². The first-order valence-corrected chi connectivity index (χ1v) is 13.6. The molecule has 2 fully saturated rings. The summed E-state index contributed by atoms with van der Waals surface area (Å²) in [6, 6.07) is 0. The molecule has 2 aliphatic rings. The standard InChI is InChI=1S/C18H38O4Si2/c1-12(2)23(13(3)4)20-11-17-18(16(9)10-19-17)21-24(22-23,14(5)6)15(7)8/h12-18H,10-11H2,1-9H3/t16-,17-,18?/m1/s1. The molecule has 0 aromatic carbocycles. The molecule has 0 aromatic rings. The monoisotopic (exact) mass is 374 g/mol. The van der Waals surface area contributed by atoms with Crippen molar-refractivity contribution in [3.05, 3.63) is 0 Å². The average molecular weight is 375 g/mol. The normalized spacial score (nSPS) is 33.1. The molecule has 4 nitrogen and oxygen atoms in total. The maximum atomic E-state index is 7.15. The Kier molecular flexibility index (Phi) is 6.42. The Morgan fingerprint density at radius 3 is 1.71 bits per heavy atom. The van der Waals surface area contributed by atoms with E-state index < -0.39 is 17.1 Å². The molecule has 0 amide bonds. The first-order chi connectivity index (χ1) is 11.1. The highest BCUT2D eigenvalue weighted by atomic mass is 28.5. The smallest absolute Gasteiger partial charge is 0.335 e. The van der Waals surface area contributed by atoms with Gasteiger partial charge in [-0.05, 0) is 22.2 Å². The first kappa shape index (κ1) is 20.6. The molecule has 0 saturated carbocycles. The zero-order valence-electron chi connectivity index (χ0n) is 17.1. The Bertz CT molecular complexity index is 409. The molecular formula is C18H38O4Si2. The van der Waals surface area contributed by atoms with Gasteiger partial charge in [-0.25, -0.2) is 0 Å². The molecule has 2 heterocycles. The molecule has 3 atom stereocenters. The highest BCUT2D eigenvalue weighted by molar-refractivity contribution is 6.83. The molecule has 2 aliphatic heterocycles. The molecule has 0 aromatic heterocycles. The van der Waals surface area contributed by atoms with Crippen LogP contribution in [0.1, 0.15) is 62.3 Å². The SMILES string of the molecule is CC(C)[Si]1(C(C)C)OC[C@H]2OC[C@@H](C)C2O[Si](C(C)C)(C(C)C)O1. The van der Waals surface area contributed by atoms with E-state index in [0.29, 0.717) is 34.7 Å². The zero-order valence-corrected chi connectivity index (χ0v) is 19.1. The Labute approximate surface area is 151 Å². The van der Waals surface area contributed by atoms with E-state index in [1.54, 1.807) is 0 Å². The molecule has 0 N–H and O–H groups in total. The Morgan fingerprint density at radius 2 is 1.25 bits per heavy atom. The summed E-state index contributed by atoms with van der Waals surface area (Å²) in [7, 11) is -4.86. The Hall–Kier alpha value is 0.274. The van der Waals surface area contributed by atoms with Crippen LogP contribution >= 0.6 is 0 Å². The van der Waals surface area contributed by atoms with E-state index in [1.807, 2.05) is 0 Å². The predicted octanol–water partition coefficient (Wildman–Crippen LogP) is 4.98. The Balaban J connectivity index is 2.51. The number of rotatable bonds is 4. The van der Waals surface area contributed by atoms with Crippen LogP contribution in [0.25, 0.3) is 0 Å². The predicted molar refractivity (Wildman–Crippen MR) is 103 cm³/mol. The summed E-state index contributed by atoms with van der Waals surface area (Å²) in [5.41, 5.74) is 1.55. The molecule has 0 aliphatic carbocycles. The maximum absolute atomic E-state index is 7.15. The highest BCUT2D eigenvalue weighted by Gasteiger charge is 2.60. The van der Waals surface area contributed by atoms with Crippen LogP contribution in [0.2, 0.25) is 22.2 Å². The van der Waals surface area contributed by atoms with Crippen LogP contribution < -0.4 is 0 Å². The van der Waals surface area contributed by atoms with Crippen molar-refractivity contribution in [2.75, 3.05) is 13.2 Å². The van der Waals surface area contributed by atoms with Crippen LogP contribution in [0.5, 0.6) is 0 Å².